The molecule has 3 aromatic rings. The van der Waals surface area contributed by atoms with Gasteiger partial charge in [0.25, 0.3) is 5.91 Å². The average Bonchev–Trinajstić information content (AvgIpc) is 2.84. The number of nitrogens with one attached hydrogen (secondary N) is 1. The van der Waals surface area contributed by atoms with Crippen molar-refractivity contribution in [1.82, 2.24) is 9.80 Å². The van der Waals surface area contributed by atoms with E-state index in [1.807, 2.05) is 71.6 Å². The van der Waals surface area contributed by atoms with E-state index in [-0.39, 0.29) is 23.6 Å². The summed E-state index contributed by atoms with van der Waals surface area (Å²) in [4.78, 5) is 41.1. The third kappa shape index (κ3) is 5.22. The van der Waals surface area contributed by atoms with Crippen LogP contribution in [0.15, 0.2) is 66.7 Å². The lowest BCUT2D eigenvalue weighted by molar-refractivity contribution is -0.128. The van der Waals surface area contributed by atoms with Gasteiger partial charge in [-0.2, -0.15) is 0 Å². The van der Waals surface area contributed by atoms with Crippen LogP contribution in [-0.4, -0.2) is 54.7 Å². The summed E-state index contributed by atoms with van der Waals surface area (Å²) < 4.78 is 0. The first kappa shape index (κ1) is 22.5. The van der Waals surface area contributed by atoms with Crippen molar-refractivity contribution in [2.75, 3.05) is 32.5 Å². The van der Waals surface area contributed by atoms with E-state index in [0.717, 1.165) is 22.0 Å². The second-order valence-electron chi connectivity index (χ2n) is 8.74. The molecule has 0 spiro atoms. The minimum Gasteiger partial charge on any atom is -0.349 e. The molecule has 170 valence electrons. The van der Waals surface area contributed by atoms with Gasteiger partial charge in [-0.1, -0.05) is 48.5 Å². The average molecular weight is 444 g/mol. The van der Waals surface area contributed by atoms with Crippen molar-refractivity contribution in [2.24, 2.45) is 5.92 Å². The minimum absolute atomic E-state index is 0.0218. The van der Waals surface area contributed by atoms with E-state index >= 15 is 0 Å². The van der Waals surface area contributed by atoms with Crippen LogP contribution >= 0.6 is 0 Å². The minimum atomic E-state index is -0.128. The molecule has 6 nitrogen and oxygen atoms in total. The molecule has 3 amide bonds. The van der Waals surface area contributed by atoms with Gasteiger partial charge in [0.2, 0.25) is 11.8 Å². The molecule has 1 heterocycles. The molecule has 6 heteroatoms. The summed E-state index contributed by atoms with van der Waals surface area (Å²) >= 11 is 0. The Hall–Kier alpha value is -3.67. The van der Waals surface area contributed by atoms with Crippen LogP contribution < -0.4 is 5.32 Å². The zero-order valence-corrected chi connectivity index (χ0v) is 19.1. The summed E-state index contributed by atoms with van der Waals surface area (Å²) in [6.07, 6.45) is 1.61. The molecule has 0 bridgehead atoms. The third-order valence-corrected chi connectivity index (χ3v) is 6.25. The summed E-state index contributed by atoms with van der Waals surface area (Å²) in [6, 6.07) is 21.1. The Morgan fingerprint density at radius 2 is 1.58 bits per heavy atom. The van der Waals surface area contributed by atoms with Gasteiger partial charge < -0.3 is 15.1 Å². The number of piperidine rings is 1. The molecule has 0 radical (unpaired) electrons. The van der Waals surface area contributed by atoms with Gasteiger partial charge in [0.1, 0.15) is 0 Å². The van der Waals surface area contributed by atoms with Crippen molar-refractivity contribution in [1.29, 1.82) is 0 Å². The van der Waals surface area contributed by atoms with Crippen molar-refractivity contribution in [2.45, 2.75) is 19.3 Å². The normalized spacial score (nSPS) is 14.2. The molecule has 0 aromatic heterocycles. The Kier molecular flexibility index (Phi) is 6.73. The lowest BCUT2D eigenvalue weighted by Gasteiger charge is -2.31. The molecular formula is C27H29N3O3. The maximum atomic E-state index is 13.1. The van der Waals surface area contributed by atoms with E-state index < -0.39 is 0 Å². The van der Waals surface area contributed by atoms with Gasteiger partial charge in [-0.15, -0.1) is 0 Å². The second kappa shape index (κ2) is 9.86. The first-order chi connectivity index (χ1) is 15.9. The first-order valence-corrected chi connectivity index (χ1v) is 11.3. The zero-order chi connectivity index (χ0) is 23.4. The molecule has 0 atom stereocenters. The second-order valence-corrected chi connectivity index (χ2v) is 8.74. The highest BCUT2D eigenvalue weighted by molar-refractivity contribution is 6.07. The number of likely N-dealkylation sites (tertiary alicyclic amines) is 1. The number of fused-ring (bicyclic) bond motifs is 1. The van der Waals surface area contributed by atoms with E-state index in [0.29, 0.717) is 37.9 Å². The molecule has 1 saturated heterocycles. The molecule has 0 saturated carbocycles. The zero-order valence-electron chi connectivity index (χ0n) is 19.1. The monoisotopic (exact) mass is 443 g/mol. The van der Waals surface area contributed by atoms with Crippen molar-refractivity contribution >= 4 is 34.2 Å². The van der Waals surface area contributed by atoms with Crippen molar-refractivity contribution in [3.8, 4) is 0 Å². The van der Waals surface area contributed by atoms with Crippen LogP contribution in [-0.2, 0) is 16.0 Å². The van der Waals surface area contributed by atoms with E-state index in [2.05, 4.69) is 5.32 Å². The standard InChI is InChI=1S/C27H29N3O3/c1-29(2)25(31)18-19-10-12-22(13-11-19)28-26(32)21-14-16-30(17-15-21)27(33)24-9-5-7-20-6-3-4-8-23(20)24/h3-13,21H,14-18H2,1-2H3,(H,28,32). The summed E-state index contributed by atoms with van der Waals surface area (Å²) in [5, 5.41) is 4.99. The Labute approximate surface area is 194 Å². The summed E-state index contributed by atoms with van der Waals surface area (Å²) in [5.74, 6) is -0.0916. The van der Waals surface area contributed by atoms with E-state index in [9.17, 15) is 14.4 Å². The molecule has 33 heavy (non-hydrogen) atoms. The number of hydrogen-bond donors (Lipinski definition) is 1. The van der Waals surface area contributed by atoms with Gasteiger partial charge in [-0.05, 0) is 47.4 Å². The summed E-state index contributed by atoms with van der Waals surface area (Å²) in [6.45, 7) is 1.12. The number of carbonyl (C=O) groups excluding carboxylic acids is 3. The molecule has 3 aromatic carbocycles. The fourth-order valence-electron chi connectivity index (χ4n) is 4.21. The highest BCUT2D eigenvalue weighted by Gasteiger charge is 2.28. The number of likely N-dealkylation sites (N-methyl/N-ethyl adjacent to an activating group) is 1. The van der Waals surface area contributed by atoms with Crippen LogP contribution in [0.5, 0.6) is 0 Å². The Bertz CT molecular complexity index is 1160. The van der Waals surface area contributed by atoms with E-state index in [1.165, 1.54) is 0 Å². The number of rotatable bonds is 5. The van der Waals surface area contributed by atoms with Crippen LogP contribution in [0.3, 0.4) is 0 Å². The van der Waals surface area contributed by atoms with Crippen LogP contribution in [0.4, 0.5) is 5.69 Å². The van der Waals surface area contributed by atoms with Gasteiger partial charge in [0, 0.05) is 44.4 Å². The Morgan fingerprint density at radius 1 is 0.909 bits per heavy atom. The van der Waals surface area contributed by atoms with Crippen molar-refractivity contribution in [3.63, 3.8) is 0 Å². The first-order valence-electron chi connectivity index (χ1n) is 11.3. The predicted octanol–water partition coefficient (Wildman–Crippen LogP) is 3.96. The predicted molar refractivity (Wildman–Crippen MR) is 130 cm³/mol. The number of nitrogens with zero attached hydrogens (tertiary/aromatic N) is 2. The highest BCUT2D eigenvalue weighted by atomic mass is 16.2. The molecule has 1 fully saturated rings. The Morgan fingerprint density at radius 3 is 2.27 bits per heavy atom. The maximum Gasteiger partial charge on any atom is 0.254 e. The number of carbonyl (C=O) groups is 3. The number of hydrogen-bond acceptors (Lipinski definition) is 3. The molecular weight excluding hydrogens is 414 g/mol. The molecule has 1 aliphatic heterocycles. The van der Waals surface area contributed by atoms with Crippen LogP contribution in [0.2, 0.25) is 0 Å². The topological polar surface area (TPSA) is 69.7 Å². The van der Waals surface area contributed by atoms with Crippen LogP contribution in [0.25, 0.3) is 10.8 Å². The molecule has 0 unspecified atom stereocenters. The van der Waals surface area contributed by atoms with E-state index in [1.54, 1.807) is 19.0 Å². The number of anilines is 1. The van der Waals surface area contributed by atoms with Gasteiger partial charge in [-0.3, -0.25) is 14.4 Å². The number of benzene rings is 3. The summed E-state index contributed by atoms with van der Waals surface area (Å²) in [5.41, 5.74) is 2.34. The molecule has 0 aliphatic carbocycles. The van der Waals surface area contributed by atoms with E-state index in [4.69, 9.17) is 0 Å². The van der Waals surface area contributed by atoms with Gasteiger partial charge in [0.05, 0.1) is 6.42 Å². The maximum absolute atomic E-state index is 13.1. The van der Waals surface area contributed by atoms with Gasteiger partial charge >= 0.3 is 0 Å². The lowest BCUT2D eigenvalue weighted by atomic mass is 9.94. The number of amides is 3. The van der Waals surface area contributed by atoms with Gasteiger partial charge in [-0.25, -0.2) is 0 Å². The highest BCUT2D eigenvalue weighted by Crippen LogP contribution is 2.24. The lowest BCUT2D eigenvalue weighted by Crippen LogP contribution is -2.41. The van der Waals surface area contributed by atoms with Gasteiger partial charge in [0.15, 0.2) is 0 Å². The third-order valence-electron chi connectivity index (χ3n) is 6.25. The SMILES string of the molecule is CN(C)C(=O)Cc1ccc(NC(=O)C2CCN(C(=O)c3cccc4ccccc34)CC2)cc1. The van der Waals surface area contributed by atoms with Crippen molar-refractivity contribution in [3.05, 3.63) is 77.9 Å². The molecule has 1 aliphatic rings. The van der Waals surface area contributed by atoms with Crippen molar-refractivity contribution < 1.29 is 14.4 Å². The summed E-state index contributed by atoms with van der Waals surface area (Å²) in [7, 11) is 3.47. The Balaban J connectivity index is 1.32. The van der Waals surface area contributed by atoms with Crippen LogP contribution in [0, 0.1) is 5.92 Å². The fourth-order valence-corrected chi connectivity index (χ4v) is 4.21. The van der Waals surface area contributed by atoms with Crippen LogP contribution in [0.1, 0.15) is 28.8 Å². The largest absolute Gasteiger partial charge is 0.349 e. The smallest absolute Gasteiger partial charge is 0.254 e. The quantitative estimate of drug-likeness (QED) is 0.649. The molecule has 4 rings (SSSR count). The fraction of sp³-hybridized carbons (Fsp3) is 0.296. The molecule has 1 N–H and O–H groups in total.